The van der Waals surface area contributed by atoms with E-state index in [2.05, 4.69) is 21.0 Å². The van der Waals surface area contributed by atoms with Gasteiger partial charge in [0.25, 0.3) is 0 Å². The van der Waals surface area contributed by atoms with Crippen LogP contribution in [-0.2, 0) is 0 Å². The molecule has 0 fully saturated rings. The van der Waals surface area contributed by atoms with Crippen LogP contribution in [0.5, 0.6) is 0 Å². The minimum atomic E-state index is 0.889. The summed E-state index contributed by atoms with van der Waals surface area (Å²) in [5.41, 5.74) is 1.94. The second-order valence-corrected chi connectivity index (χ2v) is 3.51. The first-order valence-electron chi connectivity index (χ1n) is 3.83. The maximum absolute atomic E-state index is 5.65. The van der Waals surface area contributed by atoms with Gasteiger partial charge < -0.3 is 5.84 Å². The summed E-state index contributed by atoms with van der Waals surface area (Å²) in [4.78, 5) is 1.36. The SMILES string of the molecule is Nn1ncc(Br)c1-c1ccccc1. The number of benzene rings is 1. The summed E-state index contributed by atoms with van der Waals surface area (Å²) in [6.45, 7) is 0. The monoisotopic (exact) mass is 237 g/mol. The summed E-state index contributed by atoms with van der Waals surface area (Å²) in [7, 11) is 0. The maximum Gasteiger partial charge on any atom is 0.106 e. The highest BCUT2D eigenvalue weighted by molar-refractivity contribution is 9.10. The molecule has 0 spiro atoms. The molecular formula is C9H8BrN3. The molecule has 0 atom stereocenters. The van der Waals surface area contributed by atoms with Crippen LogP contribution in [-0.4, -0.2) is 9.89 Å². The lowest BCUT2D eigenvalue weighted by atomic mass is 10.2. The fraction of sp³-hybridized carbons (Fsp3) is 0. The minimum absolute atomic E-state index is 0.889. The van der Waals surface area contributed by atoms with Crippen molar-refractivity contribution in [1.29, 1.82) is 0 Å². The van der Waals surface area contributed by atoms with Crippen molar-refractivity contribution in [3.63, 3.8) is 0 Å². The third-order valence-corrected chi connectivity index (χ3v) is 2.38. The Morgan fingerprint density at radius 1 is 1.23 bits per heavy atom. The fourth-order valence-corrected chi connectivity index (χ4v) is 1.71. The van der Waals surface area contributed by atoms with E-state index in [0.717, 1.165) is 15.7 Å². The third-order valence-electron chi connectivity index (χ3n) is 1.80. The van der Waals surface area contributed by atoms with Gasteiger partial charge in [0, 0.05) is 5.56 Å². The number of nitrogen functional groups attached to an aromatic ring is 1. The van der Waals surface area contributed by atoms with E-state index in [1.165, 1.54) is 4.79 Å². The van der Waals surface area contributed by atoms with E-state index in [1.807, 2.05) is 30.3 Å². The molecule has 0 amide bonds. The second kappa shape index (κ2) is 3.22. The highest BCUT2D eigenvalue weighted by Crippen LogP contribution is 2.25. The largest absolute Gasteiger partial charge is 0.323 e. The van der Waals surface area contributed by atoms with Crippen molar-refractivity contribution >= 4 is 15.9 Å². The molecule has 0 unspecified atom stereocenters. The summed E-state index contributed by atoms with van der Waals surface area (Å²) in [6.07, 6.45) is 1.68. The zero-order chi connectivity index (χ0) is 9.26. The molecule has 4 heteroatoms. The van der Waals surface area contributed by atoms with Crippen LogP contribution in [0.3, 0.4) is 0 Å². The topological polar surface area (TPSA) is 43.8 Å². The maximum atomic E-state index is 5.65. The molecule has 0 aliphatic carbocycles. The first-order chi connectivity index (χ1) is 6.29. The minimum Gasteiger partial charge on any atom is -0.323 e. The Kier molecular flexibility index (Phi) is 2.06. The number of halogens is 1. The van der Waals surface area contributed by atoms with Crippen LogP contribution in [0.25, 0.3) is 11.3 Å². The quantitative estimate of drug-likeness (QED) is 0.772. The lowest BCUT2D eigenvalue weighted by molar-refractivity contribution is 0.840. The van der Waals surface area contributed by atoms with Crippen molar-refractivity contribution in [2.24, 2.45) is 0 Å². The molecular weight excluding hydrogens is 230 g/mol. The van der Waals surface area contributed by atoms with Gasteiger partial charge in [-0.3, -0.25) is 0 Å². The van der Waals surface area contributed by atoms with Crippen molar-refractivity contribution in [2.75, 3.05) is 5.84 Å². The average Bonchev–Trinajstić information content (AvgIpc) is 2.48. The van der Waals surface area contributed by atoms with Gasteiger partial charge >= 0.3 is 0 Å². The van der Waals surface area contributed by atoms with E-state index in [1.54, 1.807) is 6.20 Å². The van der Waals surface area contributed by atoms with E-state index in [4.69, 9.17) is 5.84 Å². The van der Waals surface area contributed by atoms with Crippen molar-refractivity contribution in [3.05, 3.63) is 41.0 Å². The van der Waals surface area contributed by atoms with E-state index < -0.39 is 0 Å². The number of nitrogens with two attached hydrogens (primary N) is 1. The molecule has 0 saturated heterocycles. The molecule has 0 aliphatic rings. The standard InChI is InChI=1S/C9H8BrN3/c10-8-6-12-13(11)9(8)7-4-2-1-3-5-7/h1-6H,11H2. The molecule has 0 aliphatic heterocycles. The average molecular weight is 238 g/mol. The number of hydrogen-bond donors (Lipinski definition) is 1. The highest BCUT2D eigenvalue weighted by atomic mass is 79.9. The molecule has 2 aromatic rings. The zero-order valence-electron chi connectivity index (χ0n) is 6.81. The van der Waals surface area contributed by atoms with Gasteiger partial charge in [-0.15, -0.1) is 0 Å². The van der Waals surface area contributed by atoms with E-state index in [9.17, 15) is 0 Å². The molecule has 66 valence electrons. The smallest absolute Gasteiger partial charge is 0.106 e. The van der Waals surface area contributed by atoms with Gasteiger partial charge in [-0.1, -0.05) is 30.3 Å². The normalized spacial score (nSPS) is 10.2. The Morgan fingerprint density at radius 2 is 1.92 bits per heavy atom. The van der Waals surface area contributed by atoms with Gasteiger partial charge in [0.2, 0.25) is 0 Å². The van der Waals surface area contributed by atoms with Gasteiger partial charge in [-0.25, -0.2) is 0 Å². The number of aromatic nitrogens is 2. The lowest BCUT2D eigenvalue weighted by Crippen LogP contribution is -2.11. The molecule has 0 radical (unpaired) electrons. The molecule has 2 N–H and O–H groups in total. The number of rotatable bonds is 1. The van der Waals surface area contributed by atoms with E-state index >= 15 is 0 Å². The number of hydrogen-bond acceptors (Lipinski definition) is 2. The predicted molar refractivity (Wildman–Crippen MR) is 55.5 cm³/mol. The van der Waals surface area contributed by atoms with Gasteiger partial charge in [-0.05, 0) is 15.9 Å². The molecule has 0 bridgehead atoms. The van der Waals surface area contributed by atoms with Crippen LogP contribution in [0.4, 0.5) is 0 Å². The van der Waals surface area contributed by atoms with Crippen LogP contribution in [0, 0.1) is 0 Å². The highest BCUT2D eigenvalue weighted by Gasteiger charge is 2.07. The van der Waals surface area contributed by atoms with E-state index in [0.29, 0.717) is 0 Å². The number of nitrogens with zero attached hydrogens (tertiary/aromatic N) is 2. The van der Waals surface area contributed by atoms with Crippen molar-refractivity contribution < 1.29 is 0 Å². The third kappa shape index (κ3) is 1.45. The van der Waals surface area contributed by atoms with E-state index in [-0.39, 0.29) is 0 Å². The molecule has 13 heavy (non-hydrogen) atoms. The van der Waals surface area contributed by atoms with Crippen LogP contribution >= 0.6 is 15.9 Å². The molecule has 1 aromatic heterocycles. The zero-order valence-corrected chi connectivity index (χ0v) is 8.40. The molecule has 1 aromatic carbocycles. The Balaban J connectivity index is 2.59. The lowest BCUT2D eigenvalue weighted by Gasteiger charge is -2.01. The first-order valence-corrected chi connectivity index (χ1v) is 4.62. The second-order valence-electron chi connectivity index (χ2n) is 2.65. The fourth-order valence-electron chi connectivity index (χ4n) is 1.21. The summed E-state index contributed by atoms with van der Waals surface area (Å²) in [6, 6.07) is 9.88. The summed E-state index contributed by atoms with van der Waals surface area (Å²) in [5.74, 6) is 5.65. The summed E-state index contributed by atoms with van der Waals surface area (Å²) in [5, 5.41) is 3.94. The van der Waals surface area contributed by atoms with Crippen LogP contribution in [0.15, 0.2) is 41.0 Å². The van der Waals surface area contributed by atoms with Crippen LogP contribution in [0.1, 0.15) is 0 Å². The first kappa shape index (κ1) is 8.31. The Morgan fingerprint density at radius 3 is 2.46 bits per heavy atom. The van der Waals surface area contributed by atoms with Crippen LogP contribution < -0.4 is 5.84 Å². The predicted octanol–water partition coefficient (Wildman–Crippen LogP) is 2.03. The van der Waals surface area contributed by atoms with Crippen molar-refractivity contribution in [1.82, 2.24) is 9.89 Å². The summed E-state index contributed by atoms with van der Waals surface area (Å²) < 4.78 is 0.904. The van der Waals surface area contributed by atoms with Gasteiger partial charge in [0.15, 0.2) is 0 Å². The molecule has 2 rings (SSSR count). The summed E-state index contributed by atoms with van der Waals surface area (Å²) >= 11 is 3.39. The molecule has 3 nitrogen and oxygen atoms in total. The van der Waals surface area contributed by atoms with Gasteiger partial charge in [0.1, 0.15) is 5.69 Å². The van der Waals surface area contributed by atoms with Crippen molar-refractivity contribution in [3.8, 4) is 11.3 Å². The Hall–Kier alpha value is -1.29. The van der Waals surface area contributed by atoms with Gasteiger partial charge in [-0.2, -0.15) is 9.89 Å². The Bertz CT molecular complexity index is 389. The molecule has 1 heterocycles. The molecule has 0 saturated carbocycles. The Labute approximate surface area is 84.3 Å². The van der Waals surface area contributed by atoms with Crippen LogP contribution in [0.2, 0.25) is 0 Å². The van der Waals surface area contributed by atoms with Crippen molar-refractivity contribution in [2.45, 2.75) is 0 Å². The van der Waals surface area contributed by atoms with Gasteiger partial charge in [0.05, 0.1) is 10.7 Å².